The normalized spacial score (nSPS) is 14.1. The number of nitrogens with two attached hydrogens (primary N) is 1. The molecule has 0 aromatic carbocycles. The summed E-state index contributed by atoms with van der Waals surface area (Å²) >= 11 is 0. The molecule has 9 nitrogen and oxygen atoms in total. The molecule has 1 aliphatic carbocycles. The first-order chi connectivity index (χ1) is 15.5. The summed E-state index contributed by atoms with van der Waals surface area (Å²) in [7, 11) is 1.49. The Labute approximate surface area is 184 Å². The minimum atomic E-state index is -0.470. The molecule has 0 atom stereocenters. The molecule has 0 aliphatic heterocycles. The maximum atomic E-state index is 13.7. The van der Waals surface area contributed by atoms with Crippen LogP contribution >= 0.6 is 0 Å². The van der Waals surface area contributed by atoms with Crippen LogP contribution in [0.15, 0.2) is 43.0 Å². The van der Waals surface area contributed by atoms with Gasteiger partial charge >= 0.3 is 6.03 Å². The monoisotopic (exact) mass is 437 g/mol. The molecule has 0 spiro atoms. The first-order valence-corrected chi connectivity index (χ1v) is 10.4. The highest BCUT2D eigenvalue weighted by atomic mass is 19.1. The van der Waals surface area contributed by atoms with E-state index in [1.165, 1.54) is 31.8 Å². The van der Waals surface area contributed by atoms with Crippen LogP contribution in [0.5, 0.6) is 5.88 Å². The topological polar surface area (TPSA) is 119 Å². The van der Waals surface area contributed by atoms with Gasteiger partial charge in [-0.15, -0.1) is 0 Å². The van der Waals surface area contributed by atoms with Crippen molar-refractivity contribution in [2.24, 2.45) is 0 Å². The lowest BCUT2D eigenvalue weighted by atomic mass is 9.94. The molecule has 2 amide bonds. The molecule has 4 rings (SSSR count). The van der Waals surface area contributed by atoms with Crippen LogP contribution in [-0.2, 0) is 0 Å². The quantitative estimate of drug-likeness (QED) is 0.618. The van der Waals surface area contributed by atoms with Gasteiger partial charge in [-0.25, -0.2) is 24.1 Å². The van der Waals surface area contributed by atoms with Gasteiger partial charge in [0.25, 0.3) is 0 Å². The van der Waals surface area contributed by atoms with E-state index in [1.54, 1.807) is 17.0 Å². The van der Waals surface area contributed by atoms with Gasteiger partial charge in [0.2, 0.25) is 5.88 Å². The molecule has 10 heteroatoms. The van der Waals surface area contributed by atoms with Crippen molar-refractivity contribution < 1.29 is 13.9 Å². The van der Waals surface area contributed by atoms with Crippen molar-refractivity contribution >= 4 is 23.4 Å². The van der Waals surface area contributed by atoms with Crippen LogP contribution in [0.1, 0.15) is 32.1 Å². The van der Waals surface area contributed by atoms with Crippen molar-refractivity contribution in [3.8, 4) is 17.1 Å². The zero-order valence-electron chi connectivity index (χ0n) is 17.7. The lowest BCUT2D eigenvalue weighted by molar-refractivity contribution is 0.252. The Morgan fingerprint density at radius 3 is 2.75 bits per heavy atom. The van der Waals surface area contributed by atoms with Gasteiger partial charge in [-0.1, -0.05) is 19.3 Å². The number of urea groups is 1. The fraction of sp³-hybridized carbons (Fsp3) is 0.318. The first-order valence-electron chi connectivity index (χ1n) is 10.4. The van der Waals surface area contributed by atoms with Gasteiger partial charge < -0.3 is 10.5 Å². The fourth-order valence-corrected chi connectivity index (χ4v) is 3.83. The molecule has 3 aromatic heterocycles. The summed E-state index contributed by atoms with van der Waals surface area (Å²) in [5, 5.41) is 2.80. The van der Waals surface area contributed by atoms with E-state index in [-0.39, 0.29) is 6.04 Å². The van der Waals surface area contributed by atoms with Gasteiger partial charge in [-0.05, 0) is 31.0 Å². The number of nitrogen functional groups attached to an aromatic ring is 1. The predicted molar refractivity (Wildman–Crippen MR) is 119 cm³/mol. The van der Waals surface area contributed by atoms with Gasteiger partial charge in [-0.3, -0.25) is 15.2 Å². The van der Waals surface area contributed by atoms with Crippen LogP contribution in [0.3, 0.4) is 0 Å². The van der Waals surface area contributed by atoms with Crippen LogP contribution in [0, 0.1) is 5.82 Å². The largest absolute Gasteiger partial charge is 0.481 e. The number of nitrogens with zero attached hydrogens (tertiary/aromatic N) is 5. The van der Waals surface area contributed by atoms with Crippen molar-refractivity contribution in [3.05, 3.63) is 48.8 Å². The number of methoxy groups -OCH3 is 1. The van der Waals surface area contributed by atoms with Crippen LogP contribution in [0.2, 0.25) is 0 Å². The van der Waals surface area contributed by atoms with Crippen LogP contribution < -0.4 is 20.7 Å². The second-order valence-corrected chi connectivity index (χ2v) is 7.54. The molecule has 3 N–H and O–H groups in total. The molecule has 0 bridgehead atoms. The second kappa shape index (κ2) is 9.54. The van der Waals surface area contributed by atoms with Gasteiger partial charge in [0, 0.05) is 23.9 Å². The zero-order chi connectivity index (χ0) is 22.5. The Hall–Kier alpha value is -3.82. The smallest absolute Gasteiger partial charge is 0.328 e. The summed E-state index contributed by atoms with van der Waals surface area (Å²) in [6, 6.07) is 5.73. The minimum Gasteiger partial charge on any atom is -0.481 e. The molecule has 1 fully saturated rings. The fourth-order valence-electron chi connectivity index (χ4n) is 3.83. The van der Waals surface area contributed by atoms with Gasteiger partial charge in [0.05, 0.1) is 24.7 Å². The molecule has 32 heavy (non-hydrogen) atoms. The maximum absolute atomic E-state index is 13.7. The third kappa shape index (κ3) is 4.74. The minimum absolute atomic E-state index is 0.0804. The van der Waals surface area contributed by atoms with Crippen LogP contribution in [0.4, 0.5) is 26.5 Å². The van der Waals surface area contributed by atoms with E-state index in [0.29, 0.717) is 34.5 Å². The summed E-state index contributed by atoms with van der Waals surface area (Å²) in [4.78, 5) is 31.6. The van der Waals surface area contributed by atoms with E-state index in [4.69, 9.17) is 10.5 Å². The number of nitrogens with one attached hydrogen (secondary N) is 1. The number of aromatic nitrogens is 4. The molecular weight excluding hydrogens is 413 g/mol. The molecule has 1 saturated carbocycles. The Kier molecular flexibility index (Phi) is 6.39. The predicted octanol–water partition coefficient (Wildman–Crippen LogP) is 4.03. The molecule has 0 radical (unpaired) electrons. The van der Waals surface area contributed by atoms with Crippen molar-refractivity contribution in [1.29, 1.82) is 0 Å². The second-order valence-electron chi connectivity index (χ2n) is 7.54. The first kappa shape index (κ1) is 21.4. The van der Waals surface area contributed by atoms with Crippen molar-refractivity contribution in [2.75, 3.05) is 23.1 Å². The van der Waals surface area contributed by atoms with E-state index in [2.05, 4.69) is 25.3 Å². The lowest BCUT2D eigenvalue weighted by Gasteiger charge is -2.34. The number of carbonyl (C=O) groups is 1. The number of hydrogen-bond acceptors (Lipinski definition) is 7. The van der Waals surface area contributed by atoms with E-state index in [0.717, 1.165) is 38.3 Å². The average Bonchev–Trinajstić information content (AvgIpc) is 2.81. The van der Waals surface area contributed by atoms with Gasteiger partial charge in [0.1, 0.15) is 18.0 Å². The van der Waals surface area contributed by atoms with Gasteiger partial charge in [-0.2, -0.15) is 0 Å². The number of hydrogen-bond donors (Lipinski definition) is 2. The third-order valence-electron chi connectivity index (χ3n) is 5.38. The number of anilines is 3. The van der Waals surface area contributed by atoms with E-state index in [9.17, 15) is 9.18 Å². The molecule has 0 saturated heterocycles. The van der Waals surface area contributed by atoms with Crippen molar-refractivity contribution in [3.63, 3.8) is 0 Å². The summed E-state index contributed by atoms with van der Waals surface area (Å²) in [6.07, 6.45) is 8.73. The highest BCUT2D eigenvalue weighted by Gasteiger charge is 2.30. The van der Waals surface area contributed by atoms with Crippen molar-refractivity contribution in [1.82, 2.24) is 19.9 Å². The van der Waals surface area contributed by atoms with E-state index < -0.39 is 11.8 Å². The number of rotatable bonds is 5. The Bertz CT molecular complexity index is 1110. The molecule has 0 unspecified atom stereocenters. The lowest BCUT2D eigenvalue weighted by Crippen LogP contribution is -2.45. The van der Waals surface area contributed by atoms with E-state index in [1.807, 2.05) is 0 Å². The summed E-state index contributed by atoms with van der Waals surface area (Å²) < 4.78 is 18.8. The molecule has 3 aromatic rings. The highest BCUT2D eigenvalue weighted by Crippen LogP contribution is 2.32. The Morgan fingerprint density at radius 2 is 2.00 bits per heavy atom. The SMILES string of the molecule is COc1cc(NC(=O)N(c2nc(-c3cncc(F)c3)ccc2N)C2CCCCC2)ncn1. The number of carbonyl (C=O) groups excluding carboxylic acids is 1. The number of amides is 2. The average molecular weight is 437 g/mol. The highest BCUT2D eigenvalue weighted by molar-refractivity contribution is 6.03. The number of ether oxygens (including phenoxy) is 1. The van der Waals surface area contributed by atoms with Crippen LogP contribution in [0.25, 0.3) is 11.3 Å². The zero-order valence-corrected chi connectivity index (χ0v) is 17.7. The Morgan fingerprint density at radius 1 is 1.19 bits per heavy atom. The summed E-state index contributed by atoms with van der Waals surface area (Å²) in [5.74, 6) is 0.476. The van der Waals surface area contributed by atoms with Crippen LogP contribution in [-0.4, -0.2) is 39.1 Å². The molecular formula is C22H24FN7O2. The van der Waals surface area contributed by atoms with E-state index >= 15 is 0 Å². The molecule has 166 valence electrons. The van der Waals surface area contributed by atoms with Crippen molar-refractivity contribution in [2.45, 2.75) is 38.1 Å². The number of pyridine rings is 2. The summed E-state index contributed by atoms with van der Waals surface area (Å²) in [5.41, 5.74) is 7.58. The standard InChI is InChI=1S/C22H24FN7O2/c1-32-20-10-19(26-13-27-20)29-22(31)30(16-5-3-2-4-6-16)21-17(24)7-8-18(28-21)14-9-15(23)12-25-11-14/h7-13,16H,2-6,24H2,1H3,(H,26,27,29,31). The van der Waals surface area contributed by atoms with Gasteiger partial charge in [0.15, 0.2) is 5.82 Å². The Balaban J connectivity index is 1.71. The number of halogens is 1. The third-order valence-corrected chi connectivity index (χ3v) is 5.38. The molecule has 1 aliphatic rings. The summed E-state index contributed by atoms with van der Waals surface area (Å²) in [6.45, 7) is 0. The molecule has 3 heterocycles. The maximum Gasteiger partial charge on any atom is 0.328 e.